The van der Waals surface area contributed by atoms with Crippen LogP contribution in [0.4, 0.5) is 0 Å². The molecule has 1 aliphatic heterocycles. The lowest BCUT2D eigenvalue weighted by Crippen LogP contribution is -2.65. The van der Waals surface area contributed by atoms with Gasteiger partial charge in [0.15, 0.2) is 5.78 Å². The zero-order chi connectivity index (χ0) is 60.7. The summed E-state index contributed by atoms with van der Waals surface area (Å²) in [5, 5.41) is 18.1. The second kappa shape index (κ2) is 29.5. The zero-order valence-electron chi connectivity index (χ0n) is 49.8. The number of methoxy groups -OCH3 is 1. The highest BCUT2D eigenvalue weighted by atomic mass is 16.5. The molecule has 23 nitrogen and oxygen atoms in total. The Morgan fingerprint density at radius 1 is 0.762 bits per heavy atom. The predicted octanol–water partition coefficient (Wildman–Crippen LogP) is 2.59. The number of hydrogen-bond donors (Lipinski definition) is 9. The largest absolute Gasteiger partial charge is 0.467 e. The smallest absolute Gasteiger partial charge is 0.328 e. The van der Waals surface area contributed by atoms with Crippen molar-refractivity contribution < 1.29 is 57.5 Å². The van der Waals surface area contributed by atoms with E-state index in [9.17, 15) is 52.7 Å². The summed E-state index contributed by atoms with van der Waals surface area (Å²) in [6.07, 6.45) is 3.12. The number of nitrogens with zero attached hydrogens (tertiary/aromatic N) is 2. The number of para-hydroxylation sites is 1. The van der Waals surface area contributed by atoms with Crippen molar-refractivity contribution in [3.8, 4) is 0 Å². The molecular weight excluding hydrogens is 1030 g/mol. The van der Waals surface area contributed by atoms with Gasteiger partial charge in [0.2, 0.25) is 47.3 Å². The number of carbonyl (C=O) groups excluding carboxylic acids is 11. The van der Waals surface area contributed by atoms with Gasteiger partial charge in [-0.3, -0.25) is 53.4 Å². The molecule has 1 saturated heterocycles. The van der Waals surface area contributed by atoms with Crippen LogP contribution in [0.1, 0.15) is 148 Å². The Balaban J connectivity index is 1.79. The summed E-state index contributed by atoms with van der Waals surface area (Å²) in [7, 11) is 1.22. The predicted molar refractivity (Wildman–Crippen MR) is 301 cm³/mol. The van der Waals surface area contributed by atoms with E-state index >= 15 is 0 Å². The number of rotatable bonds is 28. The number of amides is 9. The molecule has 10 N–H and O–H groups in total. The van der Waals surface area contributed by atoms with Gasteiger partial charge in [-0.25, -0.2) is 9.80 Å². The van der Waals surface area contributed by atoms with E-state index in [1.165, 1.54) is 46.6 Å². The number of ketones is 1. The van der Waals surface area contributed by atoms with Crippen molar-refractivity contribution >= 4 is 75.8 Å². The van der Waals surface area contributed by atoms with Gasteiger partial charge in [-0.1, -0.05) is 100 Å². The maximum Gasteiger partial charge on any atom is 0.328 e. The first-order valence-electron chi connectivity index (χ1n) is 27.9. The van der Waals surface area contributed by atoms with Crippen LogP contribution >= 0.6 is 0 Å². The summed E-state index contributed by atoms with van der Waals surface area (Å²) in [5.74, 6) is -9.88. The van der Waals surface area contributed by atoms with E-state index in [0.717, 1.165) is 21.5 Å². The quantitative estimate of drug-likeness (QED) is 0.0438. The van der Waals surface area contributed by atoms with E-state index in [0.29, 0.717) is 25.7 Å². The number of nitrogens with two attached hydrogens (primary N) is 1. The lowest BCUT2D eigenvalue weighted by atomic mass is 9.88. The maximum absolute atomic E-state index is 14.4. The van der Waals surface area contributed by atoms with E-state index < -0.39 is 148 Å². The normalized spacial score (nSPS) is 17.4. The number of benzene rings is 1. The van der Waals surface area contributed by atoms with Gasteiger partial charge >= 0.3 is 5.97 Å². The third-order valence-corrected chi connectivity index (χ3v) is 14.7. The summed E-state index contributed by atoms with van der Waals surface area (Å²) in [5.41, 5.74) is 7.32. The molecule has 10 unspecified atom stereocenters. The fraction of sp³-hybridized carbons (Fsp3) is 0.667. The Hall–Kier alpha value is -6.91. The van der Waals surface area contributed by atoms with Crippen LogP contribution in [0, 0.1) is 29.6 Å². The Kier molecular flexibility index (Phi) is 24.9. The van der Waals surface area contributed by atoms with Gasteiger partial charge in [0.25, 0.3) is 5.91 Å². The molecule has 0 bridgehead atoms. The van der Waals surface area contributed by atoms with Crippen LogP contribution in [0.25, 0.3) is 10.9 Å². The molecule has 0 saturated carbocycles. The second-order valence-corrected chi connectivity index (χ2v) is 23.3. The van der Waals surface area contributed by atoms with E-state index in [4.69, 9.17) is 10.5 Å². The Morgan fingerprint density at radius 3 is 1.89 bits per heavy atom. The van der Waals surface area contributed by atoms with Crippen LogP contribution < -0.4 is 43.1 Å². The summed E-state index contributed by atoms with van der Waals surface area (Å²) in [4.78, 5) is 156. The fourth-order valence-corrected chi connectivity index (χ4v) is 9.43. The number of esters is 1. The van der Waals surface area contributed by atoms with Crippen molar-refractivity contribution in [2.75, 3.05) is 13.7 Å². The second-order valence-electron chi connectivity index (χ2n) is 23.3. The number of ether oxygens (including phenoxy) is 1. The first-order valence-corrected chi connectivity index (χ1v) is 27.9. The fourth-order valence-electron chi connectivity index (χ4n) is 9.43. The highest BCUT2D eigenvalue weighted by Crippen LogP contribution is 2.26. The number of hydrogen-bond acceptors (Lipinski definition) is 13. The monoisotopic (exact) mass is 1120 g/mol. The lowest BCUT2D eigenvalue weighted by Gasteiger charge is -2.37. The molecule has 2 aromatic rings. The van der Waals surface area contributed by atoms with Gasteiger partial charge in [-0.2, -0.15) is 0 Å². The standard InChI is InChI=1S/C57H91N11O12/c1-17-33(9)45(63-48(72)40(61-36(12)69)27-37-29-59-39-23-20-19-22-38(37)39)49(73)60-35(11)47(71)65-56(13,14)54(78)64-46(34(10)18-2)50(74)62-44(31(5)6)51(75)66-68(52(76)32(7)8)42(26-30(3)4)43(70)28-57(15,58)55(79)67-25-21-24-41(67)53(77)80-16/h19-20,22-23,29-35,40-42,44-46,59H,17-18,21,24-28,58H2,1-16H3,(H,60,73)(H,61,69)(H,62,74)(H,63,72)(H,64,78)(H,65,71)(H,66,75). The first kappa shape index (κ1) is 67.4. The van der Waals surface area contributed by atoms with Crippen LogP contribution in [0.15, 0.2) is 30.5 Å². The molecule has 2 heterocycles. The SMILES string of the molecule is CCC(C)C(NC(=O)C(Cc1c[nH]c2ccccc12)NC(C)=O)C(=O)NC(C)C(=O)NC(C)(C)C(=O)NC(C(=O)NC(C(=O)NN(C(=O)C(C)C)C(CC(C)C)C(=O)CC(C)(N)C(=O)N1CCCC1C(=O)OC)C(C)C)C(C)CC. The number of aromatic amines is 1. The molecule has 1 aromatic heterocycles. The molecule has 0 radical (unpaired) electrons. The van der Waals surface area contributed by atoms with E-state index in [2.05, 4.69) is 42.3 Å². The highest BCUT2D eigenvalue weighted by molar-refractivity contribution is 6.00. The summed E-state index contributed by atoms with van der Waals surface area (Å²) < 4.78 is 4.89. The van der Waals surface area contributed by atoms with E-state index in [1.807, 2.05) is 45.0 Å². The van der Waals surface area contributed by atoms with Gasteiger partial charge in [-0.15, -0.1) is 0 Å². The van der Waals surface area contributed by atoms with E-state index in [-0.39, 0.29) is 25.3 Å². The molecule has 10 atom stereocenters. The third-order valence-electron chi connectivity index (χ3n) is 14.7. The van der Waals surface area contributed by atoms with Crippen molar-refractivity contribution in [1.82, 2.24) is 52.2 Å². The molecule has 9 amide bonds. The summed E-state index contributed by atoms with van der Waals surface area (Å²) >= 11 is 0. The third kappa shape index (κ3) is 18.1. The Morgan fingerprint density at radius 2 is 1.34 bits per heavy atom. The summed E-state index contributed by atoms with van der Waals surface area (Å²) in [6.45, 7) is 24.3. The average molecular weight is 1120 g/mol. The van der Waals surface area contributed by atoms with Crippen LogP contribution in [-0.4, -0.2) is 147 Å². The maximum atomic E-state index is 14.4. The number of aromatic nitrogens is 1. The van der Waals surface area contributed by atoms with Crippen molar-refractivity contribution in [1.29, 1.82) is 0 Å². The van der Waals surface area contributed by atoms with Crippen molar-refractivity contribution in [3.63, 3.8) is 0 Å². The van der Waals surface area contributed by atoms with Crippen molar-refractivity contribution in [2.45, 2.75) is 202 Å². The van der Waals surface area contributed by atoms with Crippen molar-refractivity contribution in [2.24, 2.45) is 35.3 Å². The molecule has 1 aromatic carbocycles. The topological polar surface area (TPSA) is 330 Å². The molecule has 1 fully saturated rings. The molecule has 0 spiro atoms. The number of carbonyl (C=O) groups is 11. The highest BCUT2D eigenvalue weighted by Gasteiger charge is 2.46. The molecule has 446 valence electrons. The molecule has 0 aliphatic carbocycles. The number of hydrazine groups is 1. The number of fused-ring (bicyclic) bond motifs is 1. The van der Waals surface area contributed by atoms with E-state index in [1.54, 1.807) is 54.7 Å². The van der Waals surface area contributed by atoms with Gasteiger partial charge in [-0.05, 0) is 82.3 Å². The molecule has 80 heavy (non-hydrogen) atoms. The Bertz CT molecular complexity index is 2560. The number of H-pyrrole nitrogens is 1. The number of Topliss-reactive ketones (excluding diaryl/α,β-unsaturated/α-hetero) is 1. The van der Waals surface area contributed by atoms with Gasteiger partial charge in [0.1, 0.15) is 47.8 Å². The molecule has 3 rings (SSSR count). The minimum atomic E-state index is -1.81. The lowest BCUT2D eigenvalue weighted by molar-refractivity contribution is -0.155. The van der Waals surface area contributed by atoms with Crippen LogP contribution in [0.3, 0.4) is 0 Å². The summed E-state index contributed by atoms with van der Waals surface area (Å²) in [6, 6.07) is -0.646. The van der Waals surface area contributed by atoms with Gasteiger partial charge in [0.05, 0.1) is 12.6 Å². The number of nitrogens with one attached hydrogen (secondary N) is 8. The average Bonchev–Trinajstić information content (AvgIpc) is 4.06. The minimum Gasteiger partial charge on any atom is -0.467 e. The van der Waals surface area contributed by atoms with Crippen LogP contribution in [0.5, 0.6) is 0 Å². The molecular formula is C57H91N11O12. The van der Waals surface area contributed by atoms with Gasteiger partial charge in [0, 0.05) is 49.3 Å². The van der Waals surface area contributed by atoms with Crippen molar-refractivity contribution in [3.05, 3.63) is 36.0 Å². The molecule has 23 heteroatoms. The Labute approximate surface area is 471 Å². The first-order chi connectivity index (χ1) is 37.2. The minimum absolute atomic E-state index is 0.0561. The molecule has 1 aliphatic rings. The van der Waals surface area contributed by atoms with Crippen LogP contribution in [-0.2, 0) is 63.9 Å². The van der Waals surface area contributed by atoms with Gasteiger partial charge < -0.3 is 52.3 Å². The number of likely N-dealkylation sites (tertiary alicyclic amines) is 1. The van der Waals surface area contributed by atoms with Crippen LogP contribution in [0.2, 0.25) is 0 Å². The zero-order valence-corrected chi connectivity index (χ0v) is 49.8.